The number of carbonyl (C=O) groups excluding carboxylic acids is 1. The molecule has 0 aliphatic carbocycles. The zero-order valence-electron chi connectivity index (χ0n) is 25.6. The molecule has 2 N–H and O–H groups in total. The second kappa shape index (κ2) is 13.4. The van der Waals surface area contributed by atoms with Crippen LogP contribution in [0.15, 0.2) is 131 Å². The first-order valence-electron chi connectivity index (χ1n) is 15.1. The Labute approximate surface area is 266 Å². The maximum absolute atomic E-state index is 13.1. The number of aromatic amines is 1. The van der Waals surface area contributed by atoms with Crippen molar-refractivity contribution >= 4 is 5.97 Å². The van der Waals surface area contributed by atoms with E-state index >= 15 is 0 Å². The molecule has 3 atom stereocenters. The van der Waals surface area contributed by atoms with E-state index < -0.39 is 41.1 Å². The molecule has 6 rings (SSSR count). The third-order valence-corrected chi connectivity index (χ3v) is 8.42. The number of esters is 1. The van der Waals surface area contributed by atoms with E-state index in [0.29, 0.717) is 23.3 Å². The van der Waals surface area contributed by atoms with Crippen LogP contribution < -0.4 is 21.3 Å². The summed E-state index contributed by atoms with van der Waals surface area (Å²) in [4.78, 5) is 40.6. The first kappa shape index (κ1) is 30.8. The molecular weight excluding hydrogens is 582 g/mol. The Hall–Kier alpha value is -5.25. The number of nitrogens with zero attached hydrogens (tertiary/aromatic N) is 1. The highest BCUT2D eigenvalue weighted by Gasteiger charge is 2.45. The second-order valence-electron chi connectivity index (χ2n) is 11.3. The van der Waals surface area contributed by atoms with Crippen LogP contribution >= 0.6 is 0 Å². The Bertz CT molecular complexity index is 1790. The molecule has 0 amide bonds. The molecule has 0 spiro atoms. The van der Waals surface area contributed by atoms with Gasteiger partial charge in [0.05, 0.1) is 18.2 Å². The molecule has 5 aromatic rings. The van der Waals surface area contributed by atoms with Gasteiger partial charge in [0, 0.05) is 24.2 Å². The molecule has 2 heterocycles. The summed E-state index contributed by atoms with van der Waals surface area (Å²) >= 11 is 0. The van der Waals surface area contributed by atoms with Gasteiger partial charge in [0.25, 0.3) is 5.56 Å². The Morgan fingerprint density at radius 2 is 1.41 bits per heavy atom. The fourth-order valence-corrected chi connectivity index (χ4v) is 6.07. The van der Waals surface area contributed by atoms with Crippen molar-refractivity contribution in [1.29, 1.82) is 0 Å². The summed E-state index contributed by atoms with van der Waals surface area (Å²) in [5.74, 6) is 0.120. The van der Waals surface area contributed by atoms with Gasteiger partial charge in [-0.05, 0) is 47.9 Å². The molecular formula is C37H35N3O6. The molecule has 1 saturated heterocycles. The highest BCUT2D eigenvalue weighted by Crippen LogP contribution is 2.40. The van der Waals surface area contributed by atoms with Crippen LogP contribution in [0.25, 0.3) is 0 Å². The van der Waals surface area contributed by atoms with Gasteiger partial charge in [-0.25, -0.2) is 9.59 Å². The number of hydrogen-bond donors (Lipinski definition) is 2. The maximum Gasteiger partial charge on any atom is 0.338 e. The van der Waals surface area contributed by atoms with Crippen LogP contribution in [-0.2, 0) is 15.0 Å². The molecule has 0 bridgehead atoms. The van der Waals surface area contributed by atoms with E-state index in [-0.39, 0.29) is 6.61 Å². The monoisotopic (exact) mass is 617 g/mol. The molecule has 1 fully saturated rings. The second-order valence-corrected chi connectivity index (χ2v) is 11.3. The van der Waals surface area contributed by atoms with Gasteiger partial charge >= 0.3 is 11.7 Å². The van der Waals surface area contributed by atoms with E-state index in [2.05, 4.69) is 46.7 Å². The number of ether oxygens (including phenoxy) is 3. The van der Waals surface area contributed by atoms with Crippen molar-refractivity contribution in [2.24, 2.45) is 0 Å². The van der Waals surface area contributed by atoms with Crippen molar-refractivity contribution in [3.05, 3.63) is 170 Å². The Morgan fingerprint density at radius 3 is 1.93 bits per heavy atom. The summed E-state index contributed by atoms with van der Waals surface area (Å²) in [5, 5.41) is 3.93. The van der Waals surface area contributed by atoms with E-state index in [4.69, 9.17) is 14.2 Å². The van der Waals surface area contributed by atoms with Crippen molar-refractivity contribution in [3.63, 3.8) is 0 Å². The lowest BCUT2D eigenvalue weighted by Gasteiger charge is -2.40. The lowest BCUT2D eigenvalue weighted by atomic mass is 9.76. The average molecular weight is 618 g/mol. The maximum atomic E-state index is 13.1. The number of methoxy groups -OCH3 is 1. The van der Waals surface area contributed by atoms with Crippen molar-refractivity contribution in [2.45, 2.75) is 37.3 Å². The van der Waals surface area contributed by atoms with E-state index in [1.54, 1.807) is 38.3 Å². The van der Waals surface area contributed by atoms with Gasteiger partial charge in [-0.2, -0.15) is 0 Å². The van der Waals surface area contributed by atoms with Gasteiger partial charge in [0.2, 0.25) is 0 Å². The van der Waals surface area contributed by atoms with E-state index in [0.717, 1.165) is 16.7 Å². The van der Waals surface area contributed by atoms with Gasteiger partial charge < -0.3 is 14.2 Å². The fraction of sp³-hybridized carbons (Fsp3) is 0.216. The Balaban J connectivity index is 1.41. The Kier molecular flexibility index (Phi) is 8.96. The predicted octanol–water partition coefficient (Wildman–Crippen LogP) is 4.95. The van der Waals surface area contributed by atoms with Gasteiger partial charge in [0.1, 0.15) is 24.7 Å². The molecule has 234 valence electrons. The topological polar surface area (TPSA) is 112 Å². The molecule has 1 aliphatic rings. The zero-order valence-corrected chi connectivity index (χ0v) is 25.6. The van der Waals surface area contributed by atoms with Crippen LogP contribution in [0.4, 0.5) is 0 Å². The molecule has 1 unspecified atom stereocenters. The fourth-order valence-electron chi connectivity index (χ4n) is 6.07. The van der Waals surface area contributed by atoms with Crippen LogP contribution in [0, 0.1) is 6.92 Å². The SMILES string of the molecule is COc1ccc(C(=O)OC[C@H]2O[C@@H](n3cc(C)c(=O)[nH]c3=O)CC2NC(c2ccccc2)(c2ccccc2)c2ccccc2)cc1. The number of aromatic nitrogens is 2. The summed E-state index contributed by atoms with van der Waals surface area (Å²) in [6.45, 7) is 1.56. The summed E-state index contributed by atoms with van der Waals surface area (Å²) in [7, 11) is 1.56. The lowest BCUT2D eigenvalue weighted by Crippen LogP contribution is -2.53. The van der Waals surface area contributed by atoms with Crippen LogP contribution in [0.2, 0.25) is 0 Å². The van der Waals surface area contributed by atoms with Gasteiger partial charge in [-0.3, -0.25) is 19.7 Å². The van der Waals surface area contributed by atoms with Gasteiger partial charge in [-0.1, -0.05) is 91.0 Å². The molecule has 4 aromatic carbocycles. The minimum atomic E-state index is -0.836. The van der Waals surface area contributed by atoms with Crippen LogP contribution in [-0.4, -0.2) is 41.4 Å². The standard InChI is InChI=1S/C37H35N3O6/c1-25-23-40(36(43)38-34(25)41)33-22-31(32(46-33)24-45-35(42)26-18-20-30(44-2)21-19-26)39-37(27-12-6-3-7-13-27,28-14-8-4-9-15-28)29-16-10-5-11-17-29/h3-21,23,31-33,39H,22,24H2,1-2H3,(H,38,41,43)/t31?,32-,33-/m1/s1. The summed E-state index contributed by atoms with van der Waals surface area (Å²) in [5.41, 5.74) is 1.90. The number of rotatable bonds is 10. The van der Waals surface area contributed by atoms with E-state index in [1.165, 1.54) is 10.8 Å². The lowest BCUT2D eigenvalue weighted by molar-refractivity contribution is -0.0390. The molecule has 1 aliphatic heterocycles. The minimum Gasteiger partial charge on any atom is -0.497 e. The van der Waals surface area contributed by atoms with Crippen molar-refractivity contribution < 1.29 is 19.0 Å². The van der Waals surface area contributed by atoms with Crippen molar-refractivity contribution in [1.82, 2.24) is 14.9 Å². The zero-order chi connectivity index (χ0) is 32.1. The molecule has 46 heavy (non-hydrogen) atoms. The highest BCUT2D eigenvalue weighted by molar-refractivity contribution is 5.89. The van der Waals surface area contributed by atoms with Crippen molar-refractivity contribution in [2.75, 3.05) is 13.7 Å². The van der Waals surface area contributed by atoms with Gasteiger partial charge in [-0.15, -0.1) is 0 Å². The quantitative estimate of drug-likeness (QED) is 0.169. The molecule has 9 nitrogen and oxygen atoms in total. The van der Waals surface area contributed by atoms with E-state index in [1.807, 2.05) is 54.6 Å². The number of hydrogen-bond acceptors (Lipinski definition) is 7. The summed E-state index contributed by atoms with van der Waals surface area (Å²) in [6, 6.07) is 36.7. The number of benzene rings is 4. The first-order chi connectivity index (χ1) is 22.4. The normalized spacial score (nSPS) is 17.8. The molecule has 0 saturated carbocycles. The summed E-state index contributed by atoms with van der Waals surface area (Å²) in [6.07, 6.45) is 0.477. The van der Waals surface area contributed by atoms with Crippen LogP contribution in [0.3, 0.4) is 0 Å². The van der Waals surface area contributed by atoms with Crippen LogP contribution in [0.5, 0.6) is 5.75 Å². The molecule has 9 heteroatoms. The Morgan fingerprint density at radius 1 is 0.870 bits per heavy atom. The van der Waals surface area contributed by atoms with Crippen LogP contribution in [0.1, 0.15) is 45.3 Å². The highest BCUT2D eigenvalue weighted by atomic mass is 16.6. The molecule has 1 aromatic heterocycles. The van der Waals surface area contributed by atoms with Crippen molar-refractivity contribution in [3.8, 4) is 5.75 Å². The number of nitrogens with one attached hydrogen (secondary N) is 2. The third-order valence-electron chi connectivity index (χ3n) is 8.42. The third kappa shape index (κ3) is 6.15. The predicted molar refractivity (Wildman–Crippen MR) is 174 cm³/mol. The molecule has 0 radical (unpaired) electrons. The number of H-pyrrole nitrogens is 1. The smallest absolute Gasteiger partial charge is 0.338 e. The summed E-state index contributed by atoms with van der Waals surface area (Å²) < 4.78 is 18.9. The minimum absolute atomic E-state index is 0.0788. The van der Waals surface area contributed by atoms with Gasteiger partial charge in [0.15, 0.2) is 0 Å². The first-order valence-corrected chi connectivity index (χ1v) is 15.1. The number of aryl methyl sites for hydroxylation is 1. The van der Waals surface area contributed by atoms with E-state index in [9.17, 15) is 14.4 Å². The average Bonchev–Trinajstić information content (AvgIpc) is 3.50. The largest absolute Gasteiger partial charge is 0.497 e. The number of carbonyl (C=O) groups is 1.